The van der Waals surface area contributed by atoms with E-state index in [2.05, 4.69) is 48.0 Å². The van der Waals surface area contributed by atoms with Crippen molar-refractivity contribution in [1.82, 2.24) is 0 Å². The number of benzene rings is 2. The van der Waals surface area contributed by atoms with Gasteiger partial charge in [0, 0.05) is 23.6 Å². The van der Waals surface area contributed by atoms with E-state index in [0.717, 1.165) is 11.3 Å². The average Bonchev–Trinajstić information content (AvgIpc) is 2.50. The lowest BCUT2D eigenvalue weighted by Crippen LogP contribution is -2.32. The van der Waals surface area contributed by atoms with E-state index >= 15 is 0 Å². The fourth-order valence-electron chi connectivity index (χ4n) is 2.32. The molecule has 1 aromatic heterocycles. The van der Waals surface area contributed by atoms with Crippen molar-refractivity contribution in [1.29, 1.82) is 0 Å². The summed E-state index contributed by atoms with van der Waals surface area (Å²) in [7, 11) is 2.07. The Hall–Kier alpha value is -1.10. The highest BCUT2D eigenvalue weighted by Crippen LogP contribution is 2.23. The Morgan fingerprint density at radius 1 is 0.864 bits per heavy atom. The molecule has 0 N–H and O–H groups in total. The smallest absolute Gasteiger partial charge is 0.195 e. The van der Waals surface area contributed by atoms with Gasteiger partial charge in [0.05, 0.1) is 10.0 Å². The minimum atomic E-state index is 0. The summed E-state index contributed by atoms with van der Waals surface area (Å²) in [5.41, 5.74) is 3.35. The summed E-state index contributed by atoms with van der Waals surface area (Å²) >= 11 is 12.0. The lowest BCUT2D eigenvalue weighted by molar-refractivity contribution is -0.646. The second-order valence-corrected chi connectivity index (χ2v) is 5.70. The van der Waals surface area contributed by atoms with Crippen LogP contribution in [0.4, 0.5) is 0 Å². The van der Waals surface area contributed by atoms with E-state index in [-0.39, 0.29) is 24.0 Å². The normalized spacial score (nSPS) is 10.9. The number of hydrogen-bond acceptors (Lipinski definition) is 0. The summed E-state index contributed by atoms with van der Waals surface area (Å²) in [6.45, 7) is 0. The molecule has 1 heterocycles. The van der Waals surface area contributed by atoms with Gasteiger partial charge in [-0.2, -0.15) is 4.57 Å². The summed E-state index contributed by atoms with van der Waals surface area (Å²) in [5, 5.41) is 2.37. The summed E-state index contributed by atoms with van der Waals surface area (Å²) in [6.07, 6.45) is 4.11. The lowest BCUT2D eigenvalue weighted by Gasteiger charge is -2.00. The Kier molecular flexibility index (Phi) is 5.84. The van der Waals surface area contributed by atoms with Crippen LogP contribution in [0.1, 0.15) is 11.3 Å². The molecule has 0 saturated heterocycles. The van der Waals surface area contributed by atoms with Crippen molar-refractivity contribution >= 4 is 70.2 Å². The van der Waals surface area contributed by atoms with Crippen LogP contribution in [-0.4, -0.2) is 0 Å². The van der Waals surface area contributed by atoms with E-state index < -0.39 is 0 Å². The molecule has 0 aliphatic heterocycles. The molecule has 1 nitrogen and oxygen atoms in total. The van der Waals surface area contributed by atoms with Gasteiger partial charge in [-0.15, -0.1) is 24.0 Å². The van der Waals surface area contributed by atoms with E-state index in [1.54, 1.807) is 0 Å². The molecule has 0 aliphatic carbocycles. The fraction of sp³-hybridized carbons (Fsp3) is 0.0556. The molecule has 0 fully saturated rings. The standard InChI is InChI=1S/C18H14Cl2N.HI/c1-21-15(10-8-14-4-2-3-5-18(14)21)9-6-13-7-11-16(19)17(20)12-13;/h2-12H,1H3;1H/q+1;/b9-6+;. The van der Waals surface area contributed by atoms with Crippen LogP contribution in [-0.2, 0) is 7.05 Å². The topological polar surface area (TPSA) is 3.88 Å². The van der Waals surface area contributed by atoms with Gasteiger partial charge in [-0.1, -0.05) is 41.4 Å². The third-order valence-electron chi connectivity index (χ3n) is 3.51. The predicted octanol–water partition coefficient (Wildman–Crippen LogP) is 5.76. The fourth-order valence-corrected chi connectivity index (χ4v) is 2.63. The molecule has 2 aromatic carbocycles. The Morgan fingerprint density at radius 3 is 2.41 bits per heavy atom. The molecular formula is C18H15Cl2IN+. The number of fused-ring (bicyclic) bond motifs is 1. The minimum absolute atomic E-state index is 0. The highest BCUT2D eigenvalue weighted by molar-refractivity contribution is 14.0. The monoisotopic (exact) mass is 442 g/mol. The number of aromatic nitrogens is 1. The summed E-state index contributed by atoms with van der Waals surface area (Å²) in [5.74, 6) is 0. The first-order valence-electron chi connectivity index (χ1n) is 6.66. The second-order valence-electron chi connectivity index (χ2n) is 4.88. The first kappa shape index (κ1) is 17.3. The SMILES string of the molecule is C[n+]1c(/C=C/c2ccc(Cl)c(Cl)c2)ccc2ccccc21.I. The van der Waals surface area contributed by atoms with Gasteiger partial charge in [0.15, 0.2) is 0 Å². The number of pyridine rings is 1. The van der Waals surface area contributed by atoms with Gasteiger partial charge in [0.25, 0.3) is 0 Å². The minimum Gasteiger partial charge on any atom is -0.195 e. The highest BCUT2D eigenvalue weighted by atomic mass is 127. The van der Waals surface area contributed by atoms with Gasteiger partial charge >= 0.3 is 0 Å². The first-order valence-corrected chi connectivity index (χ1v) is 7.42. The molecule has 3 aromatic rings. The maximum absolute atomic E-state index is 6.03. The van der Waals surface area contributed by atoms with Crippen LogP contribution in [0.25, 0.3) is 23.1 Å². The van der Waals surface area contributed by atoms with Crippen LogP contribution in [0.3, 0.4) is 0 Å². The number of halogens is 3. The highest BCUT2D eigenvalue weighted by Gasteiger charge is 2.08. The van der Waals surface area contributed by atoms with Crippen LogP contribution in [0.5, 0.6) is 0 Å². The average molecular weight is 443 g/mol. The molecule has 4 heteroatoms. The molecule has 0 atom stereocenters. The Bertz CT molecular complexity index is 844. The molecule has 112 valence electrons. The zero-order valence-electron chi connectivity index (χ0n) is 12.0. The summed E-state index contributed by atoms with van der Waals surface area (Å²) < 4.78 is 2.17. The van der Waals surface area contributed by atoms with Gasteiger partial charge in [-0.25, -0.2) is 0 Å². The summed E-state index contributed by atoms with van der Waals surface area (Å²) in [4.78, 5) is 0. The zero-order chi connectivity index (χ0) is 14.8. The van der Waals surface area contributed by atoms with E-state index in [4.69, 9.17) is 23.2 Å². The zero-order valence-corrected chi connectivity index (χ0v) is 15.8. The van der Waals surface area contributed by atoms with Crippen molar-refractivity contribution in [3.8, 4) is 0 Å². The molecule has 0 unspecified atom stereocenters. The van der Waals surface area contributed by atoms with Crippen molar-refractivity contribution in [3.63, 3.8) is 0 Å². The molecule has 0 spiro atoms. The van der Waals surface area contributed by atoms with Gasteiger partial charge in [0.2, 0.25) is 11.2 Å². The van der Waals surface area contributed by atoms with Gasteiger partial charge in [0.1, 0.15) is 7.05 Å². The van der Waals surface area contributed by atoms with Gasteiger partial charge in [-0.3, -0.25) is 0 Å². The summed E-state index contributed by atoms with van der Waals surface area (Å²) in [6, 6.07) is 18.2. The molecule has 0 saturated carbocycles. The predicted molar refractivity (Wildman–Crippen MR) is 106 cm³/mol. The van der Waals surface area contributed by atoms with Crippen LogP contribution >= 0.6 is 47.2 Å². The maximum Gasteiger partial charge on any atom is 0.212 e. The number of hydrogen-bond donors (Lipinski definition) is 0. The number of nitrogens with zero attached hydrogens (tertiary/aromatic N) is 1. The van der Waals surface area contributed by atoms with Crippen molar-refractivity contribution in [3.05, 3.63) is 75.9 Å². The quantitative estimate of drug-likeness (QED) is 0.351. The van der Waals surface area contributed by atoms with Gasteiger partial charge < -0.3 is 0 Å². The van der Waals surface area contributed by atoms with Gasteiger partial charge in [-0.05, 0) is 35.9 Å². The molecular weight excluding hydrogens is 428 g/mol. The first-order chi connectivity index (χ1) is 10.1. The van der Waals surface area contributed by atoms with E-state index in [0.29, 0.717) is 10.0 Å². The van der Waals surface area contributed by atoms with E-state index in [1.807, 2.05) is 30.3 Å². The maximum atomic E-state index is 6.03. The molecule has 0 amide bonds. The van der Waals surface area contributed by atoms with Crippen molar-refractivity contribution < 1.29 is 4.57 Å². The van der Waals surface area contributed by atoms with E-state index in [1.165, 1.54) is 10.9 Å². The molecule has 22 heavy (non-hydrogen) atoms. The molecule has 3 rings (SSSR count). The number of aryl methyl sites for hydroxylation is 1. The van der Waals surface area contributed by atoms with Crippen LogP contribution in [0.2, 0.25) is 10.0 Å². The number of rotatable bonds is 2. The molecule has 0 aliphatic rings. The largest absolute Gasteiger partial charge is 0.212 e. The van der Waals surface area contributed by atoms with E-state index in [9.17, 15) is 0 Å². The van der Waals surface area contributed by atoms with Crippen LogP contribution in [0, 0.1) is 0 Å². The molecule has 0 radical (unpaired) electrons. The van der Waals surface area contributed by atoms with Crippen LogP contribution in [0.15, 0.2) is 54.6 Å². The third kappa shape index (κ3) is 3.62. The van der Waals surface area contributed by atoms with Crippen LogP contribution < -0.4 is 4.57 Å². The third-order valence-corrected chi connectivity index (χ3v) is 4.25. The van der Waals surface area contributed by atoms with Crippen molar-refractivity contribution in [2.24, 2.45) is 7.05 Å². The number of para-hydroxylation sites is 1. The second kappa shape index (κ2) is 7.44. The molecule has 0 bridgehead atoms. The Morgan fingerprint density at radius 2 is 1.64 bits per heavy atom. The van der Waals surface area contributed by atoms with Crippen molar-refractivity contribution in [2.75, 3.05) is 0 Å². The van der Waals surface area contributed by atoms with Crippen molar-refractivity contribution in [2.45, 2.75) is 0 Å². The lowest BCUT2D eigenvalue weighted by atomic mass is 10.1. The Labute approximate surface area is 157 Å². The Balaban J connectivity index is 0.00000176.